The van der Waals surface area contributed by atoms with Crippen molar-refractivity contribution in [3.05, 3.63) is 96.1 Å². The van der Waals surface area contributed by atoms with E-state index >= 15 is 0 Å². The minimum Gasteiger partial charge on any atom is -0.341 e. The second-order valence-electron chi connectivity index (χ2n) is 11.9. The van der Waals surface area contributed by atoms with Crippen molar-refractivity contribution in [3.63, 3.8) is 0 Å². The summed E-state index contributed by atoms with van der Waals surface area (Å²) in [6, 6.07) is 23.0. The molecule has 0 aromatic heterocycles. The lowest BCUT2D eigenvalue weighted by Gasteiger charge is -2.39. The van der Waals surface area contributed by atoms with E-state index in [-0.39, 0.29) is 27.0 Å². The molecule has 44 heavy (non-hydrogen) atoms. The second-order valence-corrected chi connectivity index (χ2v) is 15.1. The molecule has 0 spiro atoms. The molecule has 11 heteroatoms. The van der Waals surface area contributed by atoms with Crippen molar-refractivity contribution in [2.24, 2.45) is 16.2 Å². The van der Waals surface area contributed by atoms with Gasteiger partial charge in [-0.15, -0.1) is 4.40 Å². The third-order valence-electron chi connectivity index (χ3n) is 8.37. The quantitative estimate of drug-likeness (QED) is 0.242. The molecule has 0 fully saturated rings. The summed E-state index contributed by atoms with van der Waals surface area (Å²) in [6.07, 6.45) is 1.22. The zero-order valence-electron chi connectivity index (χ0n) is 24.4. The minimum atomic E-state index is -4.41. The number of nitrogens with one attached hydrogen (secondary N) is 2. The van der Waals surface area contributed by atoms with Crippen LogP contribution in [-0.4, -0.2) is 34.2 Å². The lowest BCUT2D eigenvalue weighted by atomic mass is 9.63. The molecule has 0 saturated heterocycles. The van der Waals surface area contributed by atoms with Crippen molar-refractivity contribution in [3.8, 4) is 0 Å². The molecule has 2 N–H and O–H groups in total. The van der Waals surface area contributed by atoms with Crippen molar-refractivity contribution < 1.29 is 26.4 Å². The predicted octanol–water partition coefficient (Wildman–Crippen LogP) is 5.93. The van der Waals surface area contributed by atoms with E-state index in [1.807, 2.05) is 18.2 Å². The van der Waals surface area contributed by atoms with E-state index in [0.717, 1.165) is 17.2 Å². The van der Waals surface area contributed by atoms with Crippen molar-refractivity contribution in [1.82, 2.24) is 0 Å². The van der Waals surface area contributed by atoms with Crippen molar-refractivity contribution in [2.45, 2.75) is 48.8 Å². The fraction of sp³-hybridized carbons (Fsp3) is 0.242. The number of ketones is 2. The zero-order chi connectivity index (χ0) is 31.4. The summed E-state index contributed by atoms with van der Waals surface area (Å²) in [5, 5.41) is 4.53. The van der Waals surface area contributed by atoms with E-state index in [1.165, 1.54) is 30.3 Å². The van der Waals surface area contributed by atoms with Gasteiger partial charge in [0.1, 0.15) is 16.6 Å². The SMILES string of the molecule is CC(C)CC[C@@]1(C)C(=O)C(C2=NS(=O)(=O)c3cc(NS(=O)(=O)c4ccc5ccccc5c4)ccc3N2)C(=O)c2ccccc21. The third kappa shape index (κ3) is 5.09. The molecule has 0 bridgehead atoms. The number of hydrogen-bond acceptors (Lipinski definition) is 7. The van der Waals surface area contributed by atoms with Gasteiger partial charge >= 0.3 is 0 Å². The number of Topliss-reactive ketones (excluding diaryl/α,β-unsaturated/α-hetero) is 2. The highest BCUT2D eigenvalue weighted by Crippen LogP contribution is 2.43. The number of rotatable bonds is 7. The Morgan fingerprint density at radius 1 is 0.932 bits per heavy atom. The van der Waals surface area contributed by atoms with Crippen molar-refractivity contribution >= 4 is 59.6 Å². The fourth-order valence-corrected chi connectivity index (χ4v) is 8.17. The minimum absolute atomic E-state index is 0.0148. The van der Waals surface area contributed by atoms with Gasteiger partial charge in [-0.3, -0.25) is 14.3 Å². The molecule has 9 nitrogen and oxygen atoms in total. The molecule has 1 aliphatic carbocycles. The molecule has 1 unspecified atom stereocenters. The topological polar surface area (TPSA) is 139 Å². The van der Waals surface area contributed by atoms with E-state index < -0.39 is 42.9 Å². The van der Waals surface area contributed by atoms with Crippen molar-refractivity contribution in [1.29, 1.82) is 0 Å². The maximum atomic E-state index is 14.1. The summed E-state index contributed by atoms with van der Waals surface area (Å²) in [5.41, 5.74) is 0.0933. The molecule has 0 amide bonds. The van der Waals surface area contributed by atoms with Crippen LogP contribution in [0.5, 0.6) is 0 Å². The van der Waals surface area contributed by atoms with Gasteiger partial charge in [-0.05, 0) is 72.4 Å². The normalized spacial score (nSPS) is 20.9. The van der Waals surface area contributed by atoms with Gasteiger partial charge in [0, 0.05) is 5.56 Å². The van der Waals surface area contributed by atoms with Gasteiger partial charge in [0.2, 0.25) is 0 Å². The number of amidine groups is 1. The highest BCUT2D eigenvalue weighted by molar-refractivity contribution is 7.92. The highest BCUT2D eigenvalue weighted by atomic mass is 32.2. The molecule has 0 radical (unpaired) electrons. The summed E-state index contributed by atoms with van der Waals surface area (Å²) in [4.78, 5) is 27.5. The first-order chi connectivity index (χ1) is 20.8. The van der Waals surface area contributed by atoms with Gasteiger partial charge in [-0.25, -0.2) is 8.42 Å². The maximum Gasteiger partial charge on any atom is 0.286 e. The average molecular weight is 630 g/mol. The van der Waals surface area contributed by atoms with Crippen LogP contribution in [0.1, 0.15) is 49.5 Å². The summed E-state index contributed by atoms with van der Waals surface area (Å²) < 4.78 is 59.7. The van der Waals surface area contributed by atoms with Crippen LogP contribution in [0.25, 0.3) is 10.8 Å². The summed E-state index contributed by atoms with van der Waals surface area (Å²) in [5.74, 6) is -2.31. The number of sulfonamides is 2. The van der Waals surface area contributed by atoms with Gasteiger partial charge < -0.3 is 5.32 Å². The van der Waals surface area contributed by atoms with Crippen LogP contribution in [0.15, 0.2) is 99.1 Å². The second kappa shape index (κ2) is 10.7. The first kappa shape index (κ1) is 29.7. The Morgan fingerprint density at radius 3 is 2.39 bits per heavy atom. The molecule has 1 aliphatic heterocycles. The Hall–Kier alpha value is -4.35. The Kier molecular flexibility index (Phi) is 7.21. The Labute approximate surface area is 256 Å². The predicted molar refractivity (Wildman–Crippen MR) is 170 cm³/mol. The molecular formula is C33H31N3O6S2. The van der Waals surface area contributed by atoms with E-state index in [4.69, 9.17) is 0 Å². The maximum absolute atomic E-state index is 14.1. The van der Waals surface area contributed by atoms with E-state index in [0.29, 0.717) is 23.5 Å². The Bertz CT molecular complexity index is 2100. The number of benzene rings is 4. The largest absolute Gasteiger partial charge is 0.341 e. The van der Waals surface area contributed by atoms with Crippen LogP contribution < -0.4 is 10.0 Å². The van der Waals surface area contributed by atoms with Gasteiger partial charge in [0.15, 0.2) is 11.6 Å². The van der Waals surface area contributed by atoms with Gasteiger partial charge in [-0.2, -0.15) is 8.42 Å². The van der Waals surface area contributed by atoms with E-state index in [1.54, 1.807) is 43.3 Å². The van der Waals surface area contributed by atoms with Gasteiger partial charge in [-0.1, -0.05) is 68.4 Å². The monoisotopic (exact) mass is 629 g/mol. The average Bonchev–Trinajstić information content (AvgIpc) is 2.99. The third-order valence-corrected chi connectivity index (χ3v) is 11.1. The summed E-state index contributed by atoms with van der Waals surface area (Å²) in [7, 11) is -8.47. The number of carbonyl (C=O) groups is 2. The first-order valence-corrected chi connectivity index (χ1v) is 17.2. The van der Waals surface area contributed by atoms with Crippen molar-refractivity contribution in [2.75, 3.05) is 10.0 Å². The number of anilines is 2. The molecule has 2 aliphatic rings. The molecular weight excluding hydrogens is 599 g/mol. The number of fused-ring (bicyclic) bond motifs is 3. The smallest absolute Gasteiger partial charge is 0.286 e. The lowest BCUT2D eigenvalue weighted by Crippen LogP contribution is -2.51. The van der Waals surface area contributed by atoms with Gasteiger partial charge in [0.05, 0.1) is 21.7 Å². The molecule has 226 valence electrons. The lowest BCUT2D eigenvalue weighted by molar-refractivity contribution is -0.125. The number of hydrogen-bond donors (Lipinski definition) is 2. The standard InChI is InChI=1S/C33H31N3O6S2/c1-20(2)16-17-33(3)26-11-7-6-10-25(26)30(37)29(31(33)38)32-34-27-15-13-23(19-28(27)44(41,42)36-32)35-43(39,40)24-14-12-21-8-4-5-9-22(21)18-24/h4-15,18-20,29,35H,16-17H2,1-3H3,(H,34,36)/t29?,33-/m1/s1. The number of carbonyl (C=O) groups excluding carboxylic acids is 2. The van der Waals surface area contributed by atoms with E-state index in [2.05, 4.69) is 28.3 Å². The molecule has 0 saturated carbocycles. The summed E-state index contributed by atoms with van der Waals surface area (Å²) >= 11 is 0. The molecule has 4 aromatic rings. The first-order valence-electron chi connectivity index (χ1n) is 14.3. The fourth-order valence-electron chi connectivity index (χ4n) is 5.90. The molecule has 4 aromatic carbocycles. The number of nitrogens with zero attached hydrogens (tertiary/aromatic N) is 1. The van der Waals surface area contributed by atoms with E-state index in [9.17, 15) is 26.4 Å². The highest BCUT2D eigenvalue weighted by Gasteiger charge is 2.51. The van der Waals surface area contributed by atoms with Crippen LogP contribution in [-0.2, 0) is 30.3 Å². The molecule has 2 atom stereocenters. The Morgan fingerprint density at radius 2 is 1.64 bits per heavy atom. The Balaban J connectivity index is 1.33. The molecule has 6 rings (SSSR count). The van der Waals surface area contributed by atoms with Crippen LogP contribution in [0.3, 0.4) is 0 Å². The molecule has 1 heterocycles. The summed E-state index contributed by atoms with van der Waals surface area (Å²) in [6.45, 7) is 5.91. The van der Waals surface area contributed by atoms with Gasteiger partial charge in [0.25, 0.3) is 20.0 Å². The van der Waals surface area contributed by atoms with Crippen LogP contribution >= 0.6 is 0 Å². The van der Waals surface area contributed by atoms with Crippen LogP contribution in [0.4, 0.5) is 11.4 Å². The van der Waals surface area contributed by atoms with Crippen LogP contribution in [0, 0.1) is 11.8 Å². The zero-order valence-corrected chi connectivity index (χ0v) is 26.0. The van der Waals surface area contributed by atoms with Crippen LogP contribution in [0.2, 0.25) is 0 Å².